The number of allylic oxidation sites excluding steroid dienone is 2. The van der Waals surface area contributed by atoms with Gasteiger partial charge in [0.25, 0.3) is 0 Å². The first-order chi connectivity index (χ1) is 17.8. The normalized spacial score (nSPS) is 19.8. The lowest BCUT2D eigenvalue weighted by molar-refractivity contribution is 0.589. The quantitative estimate of drug-likeness (QED) is 0.245. The highest BCUT2D eigenvalue weighted by Crippen LogP contribution is 2.51. The summed E-state index contributed by atoms with van der Waals surface area (Å²) in [4.78, 5) is 5.43. The molecule has 1 aliphatic carbocycles. The summed E-state index contributed by atoms with van der Waals surface area (Å²) in [6.45, 7) is 13.8. The Morgan fingerprint density at radius 2 is 1.41 bits per heavy atom. The maximum atomic E-state index is 2.76. The van der Waals surface area contributed by atoms with E-state index in [4.69, 9.17) is 0 Å². The fourth-order valence-electron chi connectivity index (χ4n) is 7.32. The zero-order valence-electron chi connectivity index (χ0n) is 22.3. The van der Waals surface area contributed by atoms with E-state index in [0.29, 0.717) is 5.92 Å². The molecule has 0 radical (unpaired) electrons. The van der Waals surface area contributed by atoms with Crippen LogP contribution >= 0.6 is 22.7 Å². The van der Waals surface area contributed by atoms with Crippen LogP contribution in [0.5, 0.6) is 0 Å². The maximum absolute atomic E-state index is 2.76. The Labute approximate surface area is 228 Å². The van der Waals surface area contributed by atoms with Crippen molar-refractivity contribution in [2.75, 3.05) is 9.62 Å². The van der Waals surface area contributed by atoms with Crippen molar-refractivity contribution < 1.29 is 0 Å². The van der Waals surface area contributed by atoms with Gasteiger partial charge >= 0.3 is 6.98 Å². The van der Waals surface area contributed by atoms with Crippen LogP contribution in [-0.4, -0.2) is 13.0 Å². The van der Waals surface area contributed by atoms with Gasteiger partial charge in [-0.15, -0.1) is 22.7 Å². The standard InChI is InChI=1S/C32H31BN2S2/c1-18-10-20(3)31(21(4)11-18)34-28-16-36-14-26(28)24-8-7-9-25-27-15-37-17-29(27)35(33(34)30(24)25)32-22(5)12-19(2)13-23(32)6/h7-17,20,31H,1-6H3. The van der Waals surface area contributed by atoms with Crippen LogP contribution < -0.4 is 15.1 Å². The van der Waals surface area contributed by atoms with Crippen molar-refractivity contribution in [1.82, 2.24) is 0 Å². The monoisotopic (exact) mass is 518 g/mol. The van der Waals surface area contributed by atoms with Gasteiger partial charge < -0.3 is 9.62 Å². The van der Waals surface area contributed by atoms with E-state index in [-0.39, 0.29) is 13.0 Å². The molecule has 0 fully saturated rings. The van der Waals surface area contributed by atoms with Crippen molar-refractivity contribution in [2.45, 2.75) is 47.6 Å². The summed E-state index contributed by atoms with van der Waals surface area (Å²) < 4.78 is 0. The summed E-state index contributed by atoms with van der Waals surface area (Å²) in [7, 11) is 0. The van der Waals surface area contributed by atoms with Crippen LogP contribution in [0.2, 0.25) is 0 Å². The molecule has 2 atom stereocenters. The molecule has 0 N–H and O–H groups in total. The SMILES string of the molecule is CC1=CC(C)C(N2B3c4c(cccc4-c4cscc42)-c2cscc2N3c2c(C)cc(C)cc2C)C(C)=C1. The number of rotatable bonds is 2. The van der Waals surface area contributed by atoms with Gasteiger partial charge in [-0.2, -0.15) is 0 Å². The molecule has 37 heavy (non-hydrogen) atoms. The smallest absolute Gasteiger partial charge is 0.383 e. The van der Waals surface area contributed by atoms with E-state index in [1.165, 1.54) is 72.6 Å². The zero-order valence-corrected chi connectivity index (χ0v) is 23.9. The number of thiophene rings is 2. The maximum Gasteiger partial charge on any atom is 0.417 e. The third kappa shape index (κ3) is 3.23. The van der Waals surface area contributed by atoms with Crippen LogP contribution in [-0.2, 0) is 0 Å². The van der Waals surface area contributed by atoms with E-state index in [1.807, 2.05) is 22.7 Å². The van der Waals surface area contributed by atoms with Crippen molar-refractivity contribution >= 4 is 52.2 Å². The summed E-state index contributed by atoms with van der Waals surface area (Å²) in [6, 6.07) is 11.9. The fraction of sp³-hybridized carbons (Fsp3) is 0.250. The van der Waals surface area contributed by atoms with Gasteiger partial charge in [0.1, 0.15) is 0 Å². The molecule has 7 rings (SSSR count). The van der Waals surface area contributed by atoms with Gasteiger partial charge in [0.05, 0.1) is 0 Å². The average Bonchev–Trinajstić information content (AvgIpc) is 3.51. The molecule has 2 nitrogen and oxygen atoms in total. The van der Waals surface area contributed by atoms with E-state index in [9.17, 15) is 0 Å². The molecule has 0 saturated carbocycles. The number of hydrogen-bond donors (Lipinski definition) is 0. The molecular formula is C32H31BN2S2. The highest BCUT2D eigenvalue weighted by molar-refractivity contribution is 7.10. The first-order valence-electron chi connectivity index (χ1n) is 13.1. The summed E-state index contributed by atoms with van der Waals surface area (Å²) in [5, 5.41) is 9.45. The Balaban J connectivity index is 1.57. The predicted molar refractivity (Wildman–Crippen MR) is 164 cm³/mol. The largest absolute Gasteiger partial charge is 0.417 e. The average molecular weight is 519 g/mol. The summed E-state index contributed by atoms with van der Waals surface area (Å²) >= 11 is 3.64. The lowest BCUT2D eigenvalue weighted by Gasteiger charge is -2.51. The van der Waals surface area contributed by atoms with E-state index in [0.717, 1.165) is 0 Å². The highest BCUT2D eigenvalue weighted by Gasteiger charge is 2.50. The molecule has 184 valence electrons. The molecule has 3 aliphatic rings. The van der Waals surface area contributed by atoms with Crippen LogP contribution in [0.3, 0.4) is 0 Å². The minimum absolute atomic E-state index is 0.0816. The Kier molecular flexibility index (Phi) is 5.15. The molecule has 4 heterocycles. The molecule has 2 aliphatic heterocycles. The third-order valence-electron chi connectivity index (χ3n) is 8.40. The fourth-order valence-corrected chi connectivity index (χ4v) is 8.97. The number of nitrogens with zero attached hydrogens (tertiary/aromatic N) is 2. The molecule has 5 heteroatoms. The van der Waals surface area contributed by atoms with E-state index in [2.05, 4.69) is 115 Å². The second-order valence-electron chi connectivity index (χ2n) is 11.1. The van der Waals surface area contributed by atoms with Crippen molar-refractivity contribution in [3.63, 3.8) is 0 Å². The Morgan fingerprint density at radius 1 is 0.784 bits per heavy atom. The first-order valence-corrected chi connectivity index (χ1v) is 15.0. The number of fused-ring (bicyclic) bond motifs is 4. The van der Waals surface area contributed by atoms with E-state index >= 15 is 0 Å². The number of aryl methyl sites for hydroxylation is 3. The van der Waals surface area contributed by atoms with Crippen molar-refractivity contribution in [3.05, 3.63) is 91.8 Å². The van der Waals surface area contributed by atoms with Crippen LogP contribution in [0.1, 0.15) is 37.5 Å². The van der Waals surface area contributed by atoms with Gasteiger partial charge in [0.2, 0.25) is 0 Å². The highest BCUT2D eigenvalue weighted by atomic mass is 32.1. The minimum atomic E-state index is 0.0816. The van der Waals surface area contributed by atoms with Gasteiger partial charge in [-0.25, -0.2) is 0 Å². The summed E-state index contributed by atoms with van der Waals surface area (Å²) in [6.07, 6.45) is 4.85. The second kappa shape index (κ2) is 8.24. The Bertz CT molecular complexity index is 1600. The lowest BCUT2D eigenvalue weighted by atomic mass is 9.52. The molecule has 0 spiro atoms. The van der Waals surface area contributed by atoms with Gasteiger partial charge in [0.15, 0.2) is 0 Å². The predicted octanol–water partition coefficient (Wildman–Crippen LogP) is 8.65. The number of hydrogen-bond acceptors (Lipinski definition) is 4. The molecule has 0 amide bonds. The van der Waals surface area contributed by atoms with Crippen molar-refractivity contribution in [2.24, 2.45) is 5.92 Å². The van der Waals surface area contributed by atoms with Crippen LogP contribution in [0.25, 0.3) is 22.3 Å². The van der Waals surface area contributed by atoms with Gasteiger partial charge in [0, 0.05) is 55.8 Å². The number of anilines is 3. The topological polar surface area (TPSA) is 6.48 Å². The molecule has 2 unspecified atom stereocenters. The molecule has 2 aromatic heterocycles. The van der Waals surface area contributed by atoms with Crippen molar-refractivity contribution in [1.29, 1.82) is 0 Å². The molecular weight excluding hydrogens is 487 g/mol. The summed E-state index contributed by atoms with van der Waals surface area (Å²) in [5.74, 6) is 0.414. The van der Waals surface area contributed by atoms with Gasteiger partial charge in [-0.3, -0.25) is 0 Å². The Hall–Kier alpha value is -3.02. The van der Waals surface area contributed by atoms with Crippen LogP contribution in [0.15, 0.2) is 75.2 Å². The van der Waals surface area contributed by atoms with Crippen molar-refractivity contribution in [3.8, 4) is 22.3 Å². The van der Waals surface area contributed by atoms with Crippen LogP contribution in [0, 0.1) is 26.7 Å². The molecule has 2 aromatic carbocycles. The zero-order chi connectivity index (χ0) is 25.6. The van der Waals surface area contributed by atoms with Gasteiger partial charge in [-0.1, -0.05) is 66.1 Å². The van der Waals surface area contributed by atoms with E-state index in [1.54, 1.807) is 0 Å². The number of benzene rings is 2. The third-order valence-corrected chi connectivity index (χ3v) is 9.86. The Morgan fingerprint density at radius 3 is 2.05 bits per heavy atom. The van der Waals surface area contributed by atoms with Gasteiger partial charge in [-0.05, 0) is 68.3 Å². The lowest BCUT2D eigenvalue weighted by Crippen LogP contribution is -2.67. The molecule has 0 saturated heterocycles. The summed E-state index contributed by atoms with van der Waals surface area (Å²) in [5.41, 5.74) is 17.8. The second-order valence-corrected chi connectivity index (χ2v) is 12.6. The van der Waals surface area contributed by atoms with Crippen LogP contribution in [0.4, 0.5) is 17.1 Å². The minimum Gasteiger partial charge on any atom is -0.383 e. The molecule has 0 bridgehead atoms. The molecule has 4 aromatic rings. The first kappa shape index (κ1) is 23.1. The van der Waals surface area contributed by atoms with E-state index < -0.39 is 0 Å².